The van der Waals surface area contributed by atoms with Crippen molar-refractivity contribution in [3.63, 3.8) is 0 Å². The zero-order valence-corrected chi connectivity index (χ0v) is 15.5. The monoisotopic (exact) mass is 388 g/mol. The lowest BCUT2D eigenvalue weighted by molar-refractivity contribution is -0.117. The molecule has 1 atom stereocenters. The van der Waals surface area contributed by atoms with E-state index in [4.69, 9.17) is 11.5 Å². The first-order valence-electron chi connectivity index (χ1n) is 9.08. The van der Waals surface area contributed by atoms with E-state index in [2.05, 4.69) is 20.5 Å². The van der Waals surface area contributed by atoms with E-state index in [0.29, 0.717) is 16.8 Å². The minimum absolute atomic E-state index is 0.128. The van der Waals surface area contributed by atoms with E-state index in [0.717, 1.165) is 22.0 Å². The largest absolute Gasteiger partial charge is 0.366 e. The lowest BCUT2D eigenvalue weighted by Crippen LogP contribution is -2.27. The van der Waals surface area contributed by atoms with Crippen molar-refractivity contribution in [2.75, 3.05) is 11.9 Å². The molecule has 146 valence electrons. The summed E-state index contributed by atoms with van der Waals surface area (Å²) in [5.74, 6) is -1.31. The van der Waals surface area contributed by atoms with E-state index in [9.17, 15) is 9.59 Å². The predicted molar refractivity (Wildman–Crippen MR) is 111 cm³/mol. The molecule has 29 heavy (non-hydrogen) atoms. The van der Waals surface area contributed by atoms with Gasteiger partial charge in [0, 0.05) is 41.0 Å². The summed E-state index contributed by atoms with van der Waals surface area (Å²) in [5, 5.41) is 10.7. The standard InChI is InChI=1S/C21H20N6O2/c22-8-16(12-4-6-13(7-5-12)20(23)28)21(29)27-18-3-1-2-15-17(11-24-19(15)18)14-9-25-26-10-14/h1-7,9-11,16,24H,8,22H2,(H2,23,28)(H,25,26)(H,27,29)/t16-/m1/s1. The lowest BCUT2D eigenvalue weighted by atomic mass is 9.97. The van der Waals surface area contributed by atoms with E-state index in [1.54, 1.807) is 30.5 Å². The number of hydrogen-bond acceptors (Lipinski definition) is 4. The van der Waals surface area contributed by atoms with Crippen LogP contribution in [-0.4, -0.2) is 33.5 Å². The second kappa shape index (κ2) is 7.61. The van der Waals surface area contributed by atoms with Crippen molar-refractivity contribution < 1.29 is 9.59 Å². The van der Waals surface area contributed by atoms with Crippen LogP contribution < -0.4 is 16.8 Å². The average molecular weight is 388 g/mol. The predicted octanol–water partition coefficient (Wildman–Crippen LogP) is 2.34. The maximum atomic E-state index is 12.9. The van der Waals surface area contributed by atoms with Crippen molar-refractivity contribution in [1.82, 2.24) is 15.2 Å². The lowest BCUT2D eigenvalue weighted by Gasteiger charge is -2.16. The van der Waals surface area contributed by atoms with Crippen LogP contribution in [0, 0.1) is 0 Å². The normalized spacial score (nSPS) is 12.0. The highest BCUT2D eigenvalue weighted by Crippen LogP contribution is 2.32. The van der Waals surface area contributed by atoms with Gasteiger partial charge in [-0.05, 0) is 23.8 Å². The molecular formula is C21H20N6O2. The Morgan fingerprint density at radius 3 is 2.55 bits per heavy atom. The van der Waals surface area contributed by atoms with E-state index < -0.39 is 11.8 Å². The number of nitrogens with one attached hydrogen (secondary N) is 3. The summed E-state index contributed by atoms with van der Waals surface area (Å²) in [6.07, 6.45) is 5.44. The molecule has 0 aliphatic heterocycles. The maximum Gasteiger partial charge on any atom is 0.248 e. The van der Waals surface area contributed by atoms with Gasteiger partial charge in [-0.3, -0.25) is 14.7 Å². The number of hydrogen-bond donors (Lipinski definition) is 5. The highest BCUT2D eigenvalue weighted by atomic mass is 16.2. The molecule has 2 heterocycles. The molecule has 8 nitrogen and oxygen atoms in total. The molecule has 0 aliphatic carbocycles. The summed E-state index contributed by atoms with van der Waals surface area (Å²) in [7, 11) is 0. The molecule has 4 aromatic rings. The third-order valence-corrected chi connectivity index (χ3v) is 4.93. The smallest absolute Gasteiger partial charge is 0.248 e. The van der Waals surface area contributed by atoms with Crippen molar-refractivity contribution >= 4 is 28.4 Å². The molecule has 0 saturated carbocycles. The fourth-order valence-electron chi connectivity index (χ4n) is 3.39. The Balaban J connectivity index is 1.61. The van der Waals surface area contributed by atoms with Crippen LogP contribution in [0.25, 0.3) is 22.0 Å². The quantitative estimate of drug-likeness (QED) is 0.345. The number of aromatic amines is 2. The van der Waals surface area contributed by atoms with Gasteiger partial charge >= 0.3 is 0 Å². The van der Waals surface area contributed by atoms with Crippen LogP contribution in [0.4, 0.5) is 5.69 Å². The van der Waals surface area contributed by atoms with Crippen LogP contribution in [0.3, 0.4) is 0 Å². The Morgan fingerprint density at radius 1 is 1.10 bits per heavy atom. The van der Waals surface area contributed by atoms with Gasteiger partial charge in [0.1, 0.15) is 0 Å². The number of nitrogens with zero attached hydrogens (tertiary/aromatic N) is 1. The molecule has 0 aliphatic rings. The van der Waals surface area contributed by atoms with Crippen LogP contribution in [0.5, 0.6) is 0 Å². The number of aromatic nitrogens is 3. The molecule has 2 amide bonds. The minimum atomic E-state index is -0.560. The Bertz CT molecular complexity index is 1160. The van der Waals surface area contributed by atoms with Crippen molar-refractivity contribution in [2.45, 2.75) is 5.92 Å². The number of carbonyl (C=O) groups is 2. The highest BCUT2D eigenvalue weighted by Gasteiger charge is 2.21. The Labute approximate surface area is 166 Å². The van der Waals surface area contributed by atoms with Crippen molar-refractivity contribution in [3.8, 4) is 11.1 Å². The first kappa shape index (κ1) is 18.5. The fraction of sp³-hybridized carbons (Fsp3) is 0.0952. The molecular weight excluding hydrogens is 368 g/mol. The number of benzene rings is 2. The second-order valence-electron chi connectivity index (χ2n) is 6.68. The fourth-order valence-corrected chi connectivity index (χ4v) is 3.39. The van der Waals surface area contributed by atoms with Crippen LogP contribution in [0.1, 0.15) is 21.8 Å². The first-order valence-corrected chi connectivity index (χ1v) is 9.08. The first-order chi connectivity index (χ1) is 14.1. The summed E-state index contributed by atoms with van der Waals surface area (Å²) in [6, 6.07) is 12.3. The molecule has 0 fully saturated rings. The van der Waals surface area contributed by atoms with E-state index in [1.807, 2.05) is 30.6 Å². The van der Waals surface area contributed by atoms with Gasteiger partial charge in [0.25, 0.3) is 0 Å². The summed E-state index contributed by atoms with van der Waals surface area (Å²) < 4.78 is 0. The molecule has 0 spiro atoms. The van der Waals surface area contributed by atoms with Gasteiger partial charge in [0.05, 0.1) is 23.3 Å². The zero-order chi connectivity index (χ0) is 20.4. The number of carbonyl (C=O) groups excluding carboxylic acids is 2. The van der Waals surface area contributed by atoms with Crippen LogP contribution in [-0.2, 0) is 4.79 Å². The molecule has 8 heteroatoms. The summed E-state index contributed by atoms with van der Waals surface area (Å²) in [4.78, 5) is 27.4. The molecule has 0 unspecified atom stereocenters. The topological polar surface area (TPSA) is 143 Å². The van der Waals surface area contributed by atoms with E-state index in [1.165, 1.54) is 0 Å². The molecule has 2 aromatic heterocycles. The van der Waals surface area contributed by atoms with Gasteiger partial charge in [-0.25, -0.2) is 0 Å². The van der Waals surface area contributed by atoms with Gasteiger partial charge in [0.2, 0.25) is 11.8 Å². The Morgan fingerprint density at radius 2 is 1.90 bits per heavy atom. The highest BCUT2D eigenvalue weighted by molar-refractivity contribution is 6.07. The van der Waals surface area contributed by atoms with Crippen LogP contribution >= 0.6 is 0 Å². The van der Waals surface area contributed by atoms with E-state index >= 15 is 0 Å². The van der Waals surface area contributed by atoms with Crippen LogP contribution in [0.2, 0.25) is 0 Å². The molecule has 0 radical (unpaired) electrons. The molecule has 2 aromatic carbocycles. The van der Waals surface area contributed by atoms with E-state index in [-0.39, 0.29) is 12.5 Å². The molecule has 0 bridgehead atoms. The van der Waals surface area contributed by atoms with Gasteiger partial charge in [-0.15, -0.1) is 0 Å². The zero-order valence-electron chi connectivity index (χ0n) is 15.5. The Hall–Kier alpha value is -3.91. The summed E-state index contributed by atoms with van der Waals surface area (Å²) in [6.45, 7) is 0.128. The molecule has 0 saturated heterocycles. The summed E-state index contributed by atoms with van der Waals surface area (Å²) >= 11 is 0. The number of rotatable bonds is 6. The number of primary amides is 1. The minimum Gasteiger partial charge on any atom is -0.366 e. The van der Waals surface area contributed by atoms with Gasteiger partial charge in [-0.1, -0.05) is 24.3 Å². The third-order valence-electron chi connectivity index (χ3n) is 4.93. The van der Waals surface area contributed by atoms with Gasteiger partial charge in [0.15, 0.2) is 0 Å². The van der Waals surface area contributed by atoms with Crippen molar-refractivity contribution in [2.24, 2.45) is 11.5 Å². The summed E-state index contributed by atoms with van der Waals surface area (Å²) in [5.41, 5.74) is 15.7. The average Bonchev–Trinajstić information content (AvgIpc) is 3.39. The van der Waals surface area contributed by atoms with Gasteiger partial charge < -0.3 is 21.8 Å². The number of para-hydroxylation sites is 1. The number of amides is 2. The number of H-pyrrole nitrogens is 2. The second-order valence-corrected chi connectivity index (χ2v) is 6.68. The van der Waals surface area contributed by atoms with Crippen LogP contribution in [0.15, 0.2) is 61.1 Å². The SMILES string of the molecule is NC[C@@H](C(=O)Nc1cccc2c(-c3cn[nH]c3)c[nH]c12)c1ccc(C(N)=O)cc1. The van der Waals surface area contributed by atoms with Crippen molar-refractivity contribution in [1.29, 1.82) is 0 Å². The van der Waals surface area contributed by atoms with Gasteiger partial charge in [-0.2, -0.15) is 5.10 Å². The maximum absolute atomic E-state index is 12.9. The number of nitrogens with two attached hydrogens (primary N) is 2. The molecule has 7 N–H and O–H groups in total. The van der Waals surface area contributed by atoms with Crippen molar-refractivity contribution in [3.05, 3.63) is 72.2 Å². The molecule has 4 rings (SSSR count). The Kier molecular flexibility index (Phi) is 4.84. The third kappa shape index (κ3) is 3.48. The number of anilines is 1. The number of fused-ring (bicyclic) bond motifs is 1.